The van der Waals surface area contributed by atoms with Crippen LogP contribution in [-0.4, -0.2) is 39.8 Å². The van der Waals surface area contributed by atoms with Crippen LogP contribution in [0.1, 0.15) is 11.5 Å². The number of aryl methyl sites for hydroxylation is 1. The summed E-state index contributed by atoms with van der Waals surface area (Å²) in [5.41, 5.74) is 1.20. The fourth-order valence-electron chi connectivity index (χ4n) is 2.54. The van der Waals surface area contributed by atoms with E-state index in [4.69, 9.17) is 4.74 Å². The molecule has 7 nitrogen and oxygen atoms in total. The third-order valence-electron chi connectivity index (χ3n) is 3.85. The van der Waals surface area contributed by atoms with Crippen molar-refractivity contribution in [3.8, 4) is 22.8 Å². The third kappa shape index (κ3) is 3.76. The summed E-state index contributed by atoms with van der Waals surface area (Å²) in [5, 5.41) is 6.73. The van der Waals surface area contributed by atoms with E-state index < -0.39 is 11.6 Å². The molecule has 0 saturated heterocycles. The van der Waals surface area contributed by atoms with E-state index in [0.717, 1.165) is 12.1 Å². The van der Waals surface area contributed by atoms with Crippen LogP contribution in [0, 0.1) is 18.6 Å². The number of nitrogens with one attached hydrogen (secondary N) is 1. The maximum Gasteiger partial charge on any atom is 0.227 e. The third-order valence-corrected chi connectivity index (χ3v) is 3.85. The Morgan fingerprint density at radius 1 is 1.30 bits per heavy atom. The van der Waals surface area contributed by atoms with E-state index >= 15 is 0 Å². The molecule has 1 amide bonds. The predicted octanol–water partition coefficient (Wildman–Crippen LogP) is 2.21. The number of halogens is 2. The number of carbonyl (C=O) groups is 1. The van der Waals surface area contributed by atoms with Gasteiger partial charge in [-0.3, -0.25) is 9.78 Å². The first-order valence-corrected chi connectivity index (χ1v) is 8.06. The number of rotatable bonds is 5. The summed E-state index contributed by atoms with van der Waals surface area (Å²) in [5.74, 6) is -0.969. The van der Waals surface area contributed by atoms with Gasteiger partial charge in [0.1, 0.15) is 17.3 Å². The molecule has 0 unspecified atom stereocenters. The molecule has 0 atom stereocenters. The second kappa shape index (κ2) is 7.48. The number of amides is 1. The molecule has 27 heavy (non-hydrogen) atoms. The van der Waals surface area contributed by atoms with Crippen molar-refractivity contribution < 1.29 is 18.3 Å². The van der Waals surface area contributed by atoms with Gasteiger partial charge in [-0.1, -0.05) is 0 Å². The number of hydrogen-bond acceptors (Lipinski definition) is 5. The van der Waals surface area contributed by atoms with Crippen LogP contribution in [0.15, 0.2) is 30.5 Å². The van der Waals surface area contributed by atoms with Crippen molar-refractivity contribution in [3.63, 3.8) is 0 Å². The van der Waals surface area contributed by atoms with Gasteiger partial charge >= 0.3 is 0 Å². The molecule has 0 aliphatic rings. The molecule has 0 spiro atoms. The van der Waals surface area contributed by atoms with Crippen molar-refractivity contribution in [2.45, 2.75) is 13.3 Å². The van der Waals surface area contributed by atoms with Gasteiger partial charge in [0, 0.05) is 18.8 Å². The van der Waals surface area contributed by atoms with Gasteiger partial charge in [0.25, 0.3) is 0 Å². The number of likely N-dealkylation sites (N-methyl/N-ethyl adjacent to an activating group) is 1. The fraction of sp³-hybridized carbons (Fsp3) is 0.222. The minimum atomic E-state index is -0.808. The van der Waals surface area contributed by atoms with Gasteiger partial charge in [-0.05, 0) is 25.1 Å². The van der Waals surface area contributed by atoms with E-state index in [0.29, 0.717) is 17.0 Å². The zero-order valence-corrected chi connectivity index (χ0v) is 15.0. The van der Waals surface area contributed by atoms with E-state index in [1.165, 1.54) is 31.1 Å². The summed E-state index contributed by atoms with van der Waals surface area (Å²) in [6.07, 6.45) is 1.43. The number of nitrogens with zero attached hydrogens (tertiary/aromatic N) is 4. The molecule has 2 aromatic heterocycles. The van der Waals surface area contributed by atoms with Crippen LogP contribution in [-0.2, 0) is 11.2 Å². The molecule has 0 fully saturated rings. The van der Waals surface area contributed by atoms with E-state index in [-0.39, 0.29) is 29.7 Å². The SMILES string of the molecule is CNC(=O)Cc1nc(-c2cc(C)ncc2OC)n(-c2ccc(F)cc2F)n1. The van der Waals surface area contributed by atoms with Crippen molar-refractivity contribution >= 4 is 5.91 Å². The Labute approximate surface area is 154 Å². The molecule has 3 aromatic rings. The van der Waals surface area contributed by atoms with Gasteiger partial charge in [0.15, 0.2) is 17.5 Å². The fourth-order valence-corrected chi connectivity index (χ4v) is 2.54. The van der Waals surface area contributed by atoms with E-state index in [9.17, 15) is 13.6 Å². The lowest BCUT2D eigenvalue weighted by Crippen LogP contribution is -2.20. The Balaban J connectivity index is 2.23. The molecular weight excluding hydrogens is 356 g/mol. The Hall–Kier alpha value is -3.36. The summed E-state index contributed by atoms with van der Waals surface area (Å²) >= 11 is 0. The van der Waals surface area contributed by atoms with Gasteiger partial charge < -0.3 is 10.1 Å². The number of pyridine rings is 1. The molecule has 1 N–H and O–H groups in total. The lowest BCUT2D eigenvalue weighted by Gasteiger charge is -2.10. The minimum Gasteiger partial charge on any atom is -0.494 e. The largest absolute Gasteiger partial charge is 0.494 e. The molecule has 2 heterocycles. The Bertz CT molecular complexity index is 1000. The molecular formula is C18H17F2N5O2. The standard InChI is InChI=1S/C18H17F2N5O2/c1-10-6-12(15(27-3)9-22-10)18-23-16(8-17(26)21-2)24-25(18)14-5-4-11(19)7-13(14)20/h4-7,9H,8H2,1-3H3,(H,21,26). The molecule has 1 aromatic carbocycles. The number of benzene rings is 1. The molecule has 0 aliphatic carbocycles. The first-order chi connectivity index (χ1) is 12.9. The Morgan fingerprint density at radius 3 is 2.74 bits per heavy atom. The van der Waals surface area contributed by atoms with Crippen LogP contribution in [0.3, 0.4) is 0 Å². The minimum absolute atomic E-state index is 0.00132. The summed E-state index contributed by atoms with van der Waals surface area (Å²) < 4.78 is 34.3. The predicted molar refractivity (Wildman–Crippen MR) is 93.6 cm³/mol. The number of methoxy groups -OCH3 is 1. The monoisotopic (exact) mass is 373 g/mol. The molecule has 0 aliphatic heterocycles. The topological polar surface area (TPSA) is 81.9 Å². The van der Waals surface area contributed by atoms with Crippen LogP contribution in [0.5, 0.6) is 5.75 Å². The molecule has 0 radical (unpaired) electrons. The molecule has 0 bridgehead atoms. The van der Waals surface area contributed by atoms with Crippen LogP contribution in [0.25, 0.3) is 17.1 Å². The van der Waals surface area contributed by atoms with Crippen molar-refractivity contribution in [2.24, 2.45) is 0 Å². The summed E-state index contributed by atoms with van der Waals surface area (Å²) in [4.78, 5) is 20.3. The lowest BCUT2D eigenvalue weighted by molar-refractivity contribution is -0.120. The second-order valence-electron chi connectivity index (χ2n) is 5.74. The molecule has 9 heteroatoms. The molecule has 3 rings (SSSR count). The van der Waals surface area contributed by atoms with Gasteiger partial charge in [0.2, 0.25) is 5.91 Å². The maximum absolute atomic E-state index is 14.4. The van der Waals surface area contributed by atoms with Crippen molar-refractivity contribution in [3.05, 3.63) is 53.6 Å². The molecule has 140 valence electrons. The van der Waals surface area contributed by atoms with Gasteiger partial charge in [-0.25, -0.2) is 18.4 Å². The molecule has 0 saturated carbocycles. The summed E-state index contributed by atoms with van der Waals surface area (Å²) in [7, 11) is 2.97. The first kappa shape index (κ1) is 18.4. The van der Waals surface area contributed by atoms with Crippen molar-refractivity contribution in [1.82, 2.24) is 25.1 Å². The smallest absolute Gasteiger partial charge is 0.227 e. The van der Waals surface area contributed by atoms with Gasteiger partial charge in [-0.2, -0.15) is 5.10 Å². The van der Waals surface area contributed by atoms with Crippen molar-refractivity contribution in [2.75, 3.05) is 14.2 Å². The Kier molecular flexibility index (Phi) is 5.11. The zero-order valence-electron chi connectivity index (χ0n) is 15.0. The van der Waals surface area contributed by atoms with Gasteiger partial charge in [-0.15, -0.1) is 0 Å². The number of carbonyl (C=O) groups excluding carboxylic acids is 1. The normalized spacial score (nSPS) is 10.7. The number of aromatic nitrogens is 4. The van der Waals surface area contributed by atoms with Crippen LogP contribution in [0.4, 0.5) is 8.78 Å². The van der Waals surface area contributed by atoms with Crippen molar-refractivity contribution in [1.29, 1.82) is 0 Å². The zero-order chi connectivity index (χ0) is 19.6. The highest BCUT2D eigenvalue weighted by molar-refractivity contribution is 5.77. The highest BCUT2D eigenvalue weighted by Crippen LogP contribution is 2.31. The van der Waals surface area contributed by atoms with Crippen LogP contribution < -0.4 is 10.1 Å². The number of hydrogen-bond donors (Lipinski definition) is 1. The summed E-state index contributed by atoms with van der Waals surface area (Å²) in [6.45, 7) is 1.79. The average Bonchev–Trinajstić information content (AvgIpc) is 3.04. The number of ether oxygens (including phenoxy) is 1. The van der Waals surface area contributed by atoms with Gasteiger partial charge in [0.05, 0.1) is 25.3 Å². The quantitative estimate of drug-likeness (QED) is 0.742. The average molecular weight is 373 g/mol. The van der Waals surface area contributed by atoms with Crippen LogP contribution in [0.2, 0.25) is 0 Å². The lowest BCUT2D eigenvalue weighted by atomic mass is 10.2. The van der Waals surface area contributed by atoms with Crippen LogP contribution >= 0.6 is 0 Å². The second-order valence-corrected chi connectivity index (χ2v) is 5.74. The van der Waals surface area contributed by atoms with E-state index in [1.807, 2.05) is 0 Å². The Morgan fingerprint density at radius 2 is 2.07 bits per heavy atom. The highest BCUT2D eigenvalue weighted by Gasteiger charge is 2.21. The first-order valence-electron chi connectivity index (χ1n) is 8.06. The summed E-state index contributed by atoms with van der Waals surface area (Å²) in [6, 6.07) is 4.85. The van der Waals surface area contributed by atoms with E-state index in [2.05, 4.69) is 20.4 Å². The van der Waals surface area contributed by atoms with E-state index in [1.54, 1.807) is 13.0 Å². The highest BCUT2D eigenvalue weighted by atomic mass is 19.1. The maximum atomic E-state index is 14.4.